The minimum absolute atomic E-state index is 0.246. The first-order valence-corrected chi connectivity index (χ1v) is 5.87. The van der Waals surface area contributed by atoms with Gasteiger partial charge in [-0.05, 0) is 39.8 Å². The van der Waals surface area contributed by atoms with Crippen molar-refractivity contribution in [2.45, 2.75) is 32.7 Å². The Hall–Kier alpha value is -1.09. The van der Waals surface area contributed by atoms with Gasteiger partial charge in [0.1, 0.15) is 0 Å². The van der Waals surface area contributed by atoms with Crippen LogP contribution in [-0.2, 0) is 7.05 Å². The Labute approximate surface area is 97.1 Å². The molecule has 16 heavy (non-hydrogen) atoms. The van der Waals surface area contributed by atoms with Crippen LogP contribution in [0.4, 0.5) is 0 Å². The summed E-state index contributed by atoms with van der Waals surface area (Å²) in [4.78, 5) is 14.3. The molecule has 3 nitrogen and oxygen atoms in total. The molecule has 1 aromatic rings. The summed E-state index contributed by atoms with van der Waals surface area (Å²) in [6.45, 7) is 4.60. The number of aryl methyl sites for hydroxylation is 1. The van der Waals surface area contributed by atoms with Gasteiger partial charge in [0.05, 0.1) is 6.54 Å². The number of aromatic nitrogens is 1. The fraction of sp³-hybridized carbons (Fsp3) is 0.615. The summed E-state index contributed by atoms with van der Waals surface area (Å²) in [5.41, 5.74) is 3.11. The van der Waals surface area contributed by atoms with Crippen LogP contribution in [0.25, 0.3) is 0 Å². The molecule has 0 unspecified atom stereocenters. The first-order valence-electron chi connectivity index (χ1n) is 5.87. The van der Waals surface area contributed by atoms with Gasteiger partial charge in [-0.2, -0.15) is 0 Å². The number of carbonyl (C=O) groups is 1. The van der Waals surface area contributed by atoms with Crippen LogP contribution in [0.1, 0.15) is 34.6 Å². The lowest BCUT2D eigenvalue weighted by atomic mass is 10.1. The molecule has 1 aromatic heterocycles. The number of likely N-dealkylation sites (N-methyl/N-ethyl adjacent to an activating group) is 1. The minimum Gasteiger partial charge on any atom is -0.351 e. The zero-order valence-corrected chi connectivity index (χ0v) is 10.6. The predicted octanol–water partition coefficient (Wildman–Crippen LogP) is 1.92. The summed E-state index contributed by atoms with van der Waals surface area (Å²) in [5, 5.41) is 0. The summed E-state index contributed by atoms with van der Waals surface area (Å²) in [5.74, 6) is 0.246. The van der Waals surface area contributed by atoms with E-state index < -0.39 is 0 Å². The number of hydrogen-bond donors (Lipinski definition) is 0. The van der Waals surface area contributed by atoms with E-state index in [1.807, 2.05) is 34.0 Å². The molecule has 0 spiro atoms. The van der Waals surface area contributed by atoms with E-state index in [2.05, 4.69) is 9.47 Å². The van der Waals surface area contributed by atoms with Crippen molar-refractivity contribution >= 4 is 5.78 Å². The Morgan fingerprint density at radius 3 is 2.56 bits per heavy atom. The van der Waals surface area contributed by atoms with Crippen LogP contribution in [-0.4, -0.2) is 34.9 Å². The molecule has 88 valence electrons. The lowest BCUT2D eigenvalue weighted by Gasteiger charge is -2.14. The first kappa shape index (κ1) is 11.4. The number of ketones is 1. The first-order chi connectivity index (χ1) is 7.50. The van der Waals surface area contributed by atoms with Crippen molar-refractivity contribution in [1.82, 2.24) is 9.47 Å². The van der Waals surface area contributed by atoms with Crippen LogP contribution >= 0.6 is 0 Å². The molecule has 0 N–H and O–H groups in total. The van der Waals surface area contributed by atoms with Crippen LogP contribution in [0.3, 0.4) is 0 Å². The Morgan fingerprint density at radius 2 is 2.12 bits per heavy atom. The van der Waals surface area contributed by atoms with E-state index in [1.165, 1.54) is 12.8 Å². The average molecular weight is 220 g/mol. The van der Waals surface area contributed by atoms with Gasteiger partial charge in [-0.3, -0.25) is 9.69 Å². The molecule has 0 bridgehead atoms. The molecular formula is C13H20N2O. The molecule has 0 aliphatic heterocycles. The van der Waals surface area contributed by atoms with Gasteiger partial charge in [-0.25, -0.2) is 0 Å². The number of nitrogens with zero attached hydrogens (tertiary/aromatic N) is 2. The van der Waals surface area contributed by atoms with Crippen LogP contribution in [0.5, 0.6) is 0 Å². The number of rotatable bonds is 4. The van der Waals surface area contributed by atoms with E-state index >= 15 is 0 Å². The molecule has 0 amide bonds. The standard InChI is InChI=1S/C13H20N2O/c1-9-7-12(10(2)15(9)4)13(16)8-14(3)11-5-6-11/h7,11H,5-6,8H2,1-4H3. The molecule has 0 radical (unpaired) electrons. The van der Waals surface area contributed by atoms with E-state index in [0.29, 0.717) is 12.6 Å². The highest BCUT2D eigenvalue weighted by Crippen LogP contribution is 2.25. The van der Waals surface area contributed by atoms with Crippen molar-refractivity contribution in [2.75, 3.05) is 13.6 Å². The third kappa shape index (κ3) is 2.05. The molecule has 1 aliphatic rings. The molecule has 1 heterocycles. The van der Waals surface area contributed by atoms with Crippen molar-refractivity contribution < 1.29 is 4.79 Å². The number of hydrogen-bond acceptors (Lipinski definition) is 2. The van der Waals surface area contributed by atoms with Gasteiger partial charge in [-0.1, -0.05) is 0 Å². The van der Waals surface area contributed by atoms with Gasteiger partial charge in [0, 0.05) is 30.0 Å². The van der Waals surface area contributed by atoms with Gasteiger partial charge < -0.3 is 4.57 Å². The van der Waals surface area contributed by atoms with E-state index in [9.17, 15) is 4.79 Å². The minimum atomic E-state index is 0.246. The van der Waals surface area contributed by atoms with Gasteiger partial charge in [0.25, 0.3) is 0 Å². The largest absolute Gasteiger partial charge is 0.351 e. The fourth-order valence-electron chi connectivity index (χ4n) is 2.09. The molecule has 1 saturated carbocycles. The topological polar surface area (TPSA) is 25.2 Å². The van der Waals surface area contributed by atoms with Gasteiger partial charge in [0.15, 0.2) is 5.78 Å². The molecule has 1 fully saturated rings. The van der Waals surface area contributed by atoms with Crippen molar-refractivity contribution in [3.63, 3.8) is 0 Å². The molecule has 3 heteroatoms. The van der Waals surface area contributed by atoms with Crippen molar-refractivity contribution in [1.29, 1.82) is 0 Å². The van der Waals surface area contributed by atoms with Gasteiger partial charge >= 0.3 is 0 Å². The SMILES string of the molecule is Cc1cc(C(=O)CN(C)C2CC2)c(C)n1C. The van der Waals surface area contributed by atoms with Crippen LogP contribution in [0.15, 0.2) is 6.07 Å². The zero-order chi connectivity index (χ0) is 11.9. The normalized spacial score (nSPS) is 15.8. The van der Waals surface area contributed by atoms with E-state index in [0.717, 1.165) is 17.0 Å². The molecule has 0 aromatic carbocycles. The maximum atomic E-state index is 12.1. The lowest BCUT2D eigenvalue weighted by molar-refractivity contribution is 0.0941. The molecular weight excluding hydrogens is 200 g/mol. The fourth-order valence-corrected chi connectivity index (χ4v) is 2.09. The van der Waals surface area contributed by atoms with Crippen molar-refractivity contribution in [3.05, 3.63) is 23.0 Å². The summed E-state index contributed by atoms with van der Waals surface area (Å²) >= 11 is 0. The highest BCUT2D eigenvalue weighted by atomic mass is 16.1. The Bertz CT molecular complexity index is 416. The Morgan fingerprint density at radius 1 is 1.50 bits per heavy atom. The van der Waals surface area contributed by atoms with Gasteiger partial charge in [0.2, 0.25) is 0 Å². The van der Waals surface area contributed by atoms with Gasteiger partial charge in [-0.15, -0.1) is 0 Å². The van der Waals surface area contributed by atoms with Crippen LogP contribution in [0.2, 0.25) is 0 Å². The quantitative estimate of drug-likeness (QED) is 0.724. The van der Waals surface area contributed by atoms with Crippen LogP contribution < -0.4 is 0 Å². The lowest BCUT2D eigenvalue weighted by Crippen LogP contribution is -2.28. The van der Waals surface area contributed by atoms with E-state index in [4.69, 9.17) is 0 Å². The second-order valence-corrected chi connectivity index (χ2v) is 4.91. The smallest absolute Gasteiger partial charge is 0.178 e. The molecule has 0 saturated heterocycles. The maximum absolute atomic E-state index is 12.1. The van der Waals surface area contributed by atoms with Crippen LogP contribution in [0, 0.1) is 13.8 Å². The van der Waals surface area contributed by atoms with Crippen molar-refractivity contribution in [2.24, 2.45) is 7.05 Å². The monoisotopic (exact) mass is 220 g/mol. The molecule has 2 rings (SSSR count). The summed E-state index contributed by atoms with van der Waals surface area (Å²) in [7, 11) is 4.05. The molecule has 0 atom stereocenters. The number of carbonyl (C=O) groups excluding carboxylic acids is 1. The van der Waals surface area contributed by atoms with E-state index in [-0.39, 0.29) is 5.78 Å². The Kier molecular flexibility index (Phi) is 2.89. The third-order valence-corrected chi connectivity index (χ3v) is 3.64. The van der Waals surface area contributed by atoms with Crippen molar-refractivity contribution in [3.8, 4) is 0 Å². The summed E-state index contributed by atoms with van der Waals surface area (Å²) in [6, 6.07) is 2.65. The second-order valence-electron chi connectivity index (χ2n) is 4.91. The maximum Gasteiger partial charge on any atom is 0.178 e. The highest BCUT2D eigenvalue weighted by molar-refractivity contribution is 5.99. The highest BCUT2D eigenvalue weighted by Gasteiger charge is 2.28. The van der Waals surface area contributed by atoms with E-state index in [1.54, 1.807) is 0 Å². The number of Topliss-reactive ketones (excluding diaryl/α,β-unsaturated/α-hetero) is 1. The predicted molar refractivity (Wildman–Crippen MR) is 64.9 cm³/mol. The second kappa shape index (κ2) is 4.06. The Balaban J connectivity index is 2.10. The average Bonchev–Trinajstić information content (AvgIpc) is 3.03. The zero-order valence-electron chi connectivity index (χ0n) is 10.6. The summed E-state index contributed by atoms with van der Waals surface area (Å²) < 4.78 is 2.07. The third-order valence-electron chi connectivity index (χ3n) is 3.64. The summed E-state index contributed by atoms with van der Waals surface area (Å²) in [6.07, 6.45) is 2.49. The molecule has 1 aliphatic carbocycles.